The van der Waals surface area contributed by atoms with E-state index in [1.54, 1.807) is 0 Å². The van der Waals surface area contributed by atoms with Crippen LogP contribution < -0.4 is 5.32 Å². The average molecular weight is 215 g/mol. The third kappa shape index (κ3) is 5.44. The van der Waals surface area contributed by atoms with E-state index in [1.807, 2.05) is 0 Å². The molecule has 0 amide bonds. The van der Waals surface area contributed by atoms with E-state index >= 15 is 0 Å². The van der Waals surface area contributed by atoms with Crippen molar-refractivity contribution >= 4 is 0 Å². The van der Waals surface area contributed by atoms with Crippen molar-refractivity contribution < 1.29 is 13.5 Å². The minimum absolute atomic E-state index is 0.537. The van der Waals surface area contributed by atoms with E-state index in [9.17, 15) is 8.78 Å². The Kier molecular flexibility index (Phi) is 5.21. The molecule has 1 aliphatic heterocycles. The van der Waals surface area contributed by atoms with Gasteiger partial charge in [0.25, 0.3) is 0 Å². The van der Waals surface area contributed by atoms with Crippen LogP contribution in [0.2, 0.25) is 0 Å². The molecule has 2 nitrogen and oxygen atoms in total. The molecule has 0 aromatic heterocycles. The van der Waals surface area contributed by atoms with Crippen molar-refractivity contribution in [3.8, 4) is 0 Å². The van der Waals surface area contributed by atoms with Gasteiger partial charge < -0.3 is 10.1 Å². The van der Waals surface area contributed by atoms with Gasteiger partial charge in [-0.25, -0.2) is 8.78 Å². The Bertz CT molecular complexity index is 270. The van der Waals surface area contributed by atoms with E-state index in [1.165, 1.54) is 18.2 Å². The van der Waals surface area contributed by atoms with Crippen molar-refractivity contribution in [1.82, 2.24) is 5.32 Å². The minimum atomic E-state index is -0.537. The lowest BCUT2D eigenvalue weighted by molar-refractivity contribution is 0.0824. The third-order valence-electron chi connectivity index (χ3n) is 1.89. The number of benzene rings is 1. The predicted molar refractivity (Wildman–Crippen MR) is 54.6 cm³/mol. The van der Waals surface area contributed by atoms with Crippen molar-refractivity contribution in [1.29, 1.82) is 0 Å². The SMILES string of the molecule is C[C@@H]1COCCN1.Fc1cccc(F)c1. The van der Waals surface area contributed by atoms with E-state index in [2.05, 4.69) is 12.2 Å². The van der Waals surface area contributed by atoms with Gasteiger partial charge >= 0.3 is 0 Å². The molecule has 1 atom stereocenters. The molecule has 4 heteroatoms. The number of hydrogen-bond donors (Lipinski definition) is 1. The highest BCUT2D eigenvalue weighted by Gasteiger charge is 2.04. The standard InChI is InChI=1S/C6H4F2.C5H11NO/c7-5-2-1-3-6(8)4-5;1-5-4-7-3-2-6-5/h1-4H;5-6H,2-4H2,1H3/t;5-/m.1/s1. The number of nitrogens with one attached hydrogen (secondary N) is 1. The zero-order valence-electron chi connectivity index (χ0n) is 8.67. The summed E-state index contributed by atoms with van der Waals surface area (Å²) in [6, 6.07) is 5.12. The first kappa shape index (κ1) is 12.1. The zero-order chi connectivity index (χ0) is 11.1. The Morgan fingerprint density at radius 3 is 2.27 bits per heavy atom. The van der Waals surface area contributed by atoms with Gasteiger partial charge in [-0.05, 0) is 19.1 Å². The number of morpholine rings is 1. The molecule has 0 saturated carbocycles. The van der Waals surface area contributed by atoms with Gasteiger partial charge in [0, 0.05) is 18.7 Å². The van der Waals surface area contributed by atoms with Crippen LogP contribution in [-0.2, 0) is 4.74 Å². The van der Waals surface area contributed by atoms with Gasteiger partial charge in [0.15, 0.2) is 0 Å². The van der Waals surface area contributed by atoms with E-state index in [4.69, 9.17) is 4.74 Å². The highest BCUT2D eigenvalue weighted by Crippen LogP contribution is 1.99. The molecule has 1 fully saturated rings. The van der Waals surface area contributed by atoms with Gasteiger partial charge in [-0.1, -0.05) is 6.07 Å². The first-order valence-electron chi connectivity index (χ1n) is 4.90. The Hall–Kier alpha value is -1.00. The van der Waals surface area contributed by atoms with Crippen molar-refractivity contribution in [3.63, 3.8) is 0 Å². The Labute approximate surface area is 88.3 Å². The van der Waals surface area contributed by atoms with Crippen molar-refractivity contribution in [2.75, 3.05) is 19.8 Å². The van der Waals surface area contributed by atoms with Crippen molar-refractivity contribution in [2.24, 2.45) is 0 Å². The largest absolute Gasteiger partial charge is 0.379 e. The summed E-state index contributed by atoms with van der Waals surface area (Å²) in [6.45, 7) is 4.89. The normalized spacial score (nSPS) is 20.3. The van der Waals surface area contributed by atoms with Crippen LogP contribution in [0.4, 0.5) is 8.78 Å². The second kappa shape index (κ2) is 6.48. The van der Waals surface area contributed by atoms with Gasteiger partial charge in [0.2, 0.25) is 0 Å². The lowest BCUT2D eigenvalue weighted by atomic mass is 10.3. The van der Waals surface area contributed by atoms with Gasteiger partial charge in [-0.15, -0.1) is 0 Å². The summed E-state index contributed by atoms with van der Waals surface area (Å²) in [5, 5.41) is 3.26. The predicted octanol–water partition coefficient (Wildman–Crippen LogP) is 1.96. The van der Waals surface area contributed by atoms with Gasteiger partial charge in [-0.3, -0.25) is 0 Å². The molecule has 1 aliphatic rings. The van der Waals surface area contributed by atoms with E-state index in [0.29, 0.717) is 6.04 Å². The fourth-order valence-corrected chi connectivity index (χ4v) is 1.16. The number of rotatable bonds is 0. The monoisotopic (exact) mass is 215 g/mol. The molecule has 2 rings (SSSR count). The molecule has 15 heavy (non-hydrogen) atoms. The van der Waals surface area contributed by atoms with Crippen LogP contribution in [0.1, 0.15) is 6.92 Å². The summed E-state index contributed by atoms with van der Waals surface area (Å²) in [4.78, 5) is 0. The summed E-state index contributed by atoms with van der Waals surface area (Å²) >= 11 is 0. The fraction of sp³-hybridized carbons (Fsp3) is 0.455. The first-order chi connectivity index (χ1) is 7.18. The Morgan fingerprint density at radius 1 is 1.33 bits per heavy atom. The molecule has 1 aromatic rings. The number of ether oxygens (including phenoxy) is 1. The molecule has 1 saturated heterocycles. The van der Waals surface area contributed by atoms with Gasteiger partial charge in [-0.2, -0.15) is 0 Å². The molecule has 0 unspecified atom stereocenters. The summed E-state index contributed by atoms with van der Waals surface area (Å²) in [6.07, 6.45) is 0. The number of hydrogen-bond acceptors (Lipinski definition) is 2. The highest BCUT2D eigenvalue weighted by atomic mass is 19.1. The maximum absolute atomic E-state index is 11.9. The molecule has 0 radical (unpaired) electrons. The fourth-order valence-electron chi connectivity index (χ4n) is 1.16. The topological polar surface area (TPSA) is 21.3 Å². The second-order valence-electron chi connectivity index (χ2n) is 3.37. The maximum Gasteiger partial charge on any atom is 0.126 e. The second-order valence-corrected chi connectivity index (χ2v) is 3.37. The summed E-state index contributed by atoms with van der Waals surface area (Å²) < 4.78 is 29.0. The van der Waals surface area contributed by atoms with Crippen LogP contribution in [-0.4, -0.2) is 25.8 Å². The minimum Gasteiger partial charge on any atom is -0.379 e. The molecule has 0 aliphatic carbocycles. The molecule has 1 aromatic carbocycles. The quantitative estimate of drug-likeness (QED) is 0.714. The van der Waals surface area contributed by atoms with E-state index < -0.39 is 11.6 Å². The summed E-state index contributed by atoms with van der Waals surface area (Å²) in [5.41, 5.74) is 0. The van der Waals surface area contributed by atoms with Crippen LogP contribution in [0.5, 0.6) is 0 Å². The third-order valence-corrected chi connectivity index (χ3v) is 1.89. The summed E-state index contributed by atoms with van der Waals surface area (Å²) in [5.74, 6) is -1.07. The molecule has 1 heterocycles. The lowest BCUT2D eigenvalue weighted by Crippen LogP contribution is -2.38. The average Bonchev–Trinajstić information content (AvgIpc) is 2.19. The molecule has 0 spiro atoms. The van der Waals surface area contributed by atoms with Crippen LogP contribution >= 0.6 is 0 Å². The Balaban J connectivity index is 0.000000151. The highest BCUT2D eigenvalue weighted by molar-refractivity contribution is 5.04. The smallest absolute Gasteiger partial charge is 0.126 e. The first-order valence-corrected chi connectivity index (χ1v) is 4.90. The zero-order valence-corrected chi connectivity index (χ0v) is 8.67. The Morgan fingerprint density at radius 2 is 2.00 bits per heavy atom. The van der Waals surface area contributed by atoms with E-state index in [-0.39, 0.29) is 0 Å². The molecular weight excluding hydrogens is 200 g/mol. The van der Waals surface area contributed by atoms with E-state index in [0.717, 1.165) is 25.8 Å². The molecular formula is C11H15F2NO. The molecule has 1 N–H and O–H groups in total. The van der Waals surface area contributed by atoms with Crippen LogP contribution in [0.3, 0.4) is 0 Å². The van der Waals surface area contributed by atoms with Gasteiger partial charge in [0.05, 0.1) is 13.2 Å². The van der Waals surface area contributed by atoms with Gasteiger partial charge in [0.1, 0.15) is 11.6 Å². The summed E-state index contributed by atoms with van der Waals surface area (Å²) in [7, 11) is 0. The van der Waals surface area contributed by atoms with Crippen molar-refractivity contribution in [2.45, 2.75) is 13.0 Å². The lowest BCUT2D eigenvalue weighted by Gasteiger charge is -2.19. The maximum atomic E-state index is 11.9. The van der Waals surface area contributed by atoms with Crippen molar-refractivity contribution in [3.05, 3.63) is 35.9 Å². The number of halogens is 2. The van der Waals surface area contributed by atoms with Crippen LogP contribution in [0, 0.1) is 11.6 Å². The molecule has 0 bridgehead atoms. The van der Waals surface area contributed by atoms with Crippen LogP contribution in [0.15, 0.2) is 24.3 Å². The molecule has 84 valence electrons. The van der Waals surface area contributed by atoms with Crippen LogP contribution in [0.25, 0.3) is 0 Å².